The normalized spacial score (nSPS) is 19.9. The van der Waals surface area contributed by atoms with Crippen LogP contribution in [-0.2, 0) is 16.1 Å². The largest absolute Gasteiger partial charge is 0.323 e. The van der Waals surface area contributed by atoms with Gasteiger partial charge in [0, 0.05) is 28.7 Å². The monoisotopic (exact) mass is 417 g/mol. The molecule has 1 unspecified atom stereocenters. The number of piperidine rings is 1. The van der Waals surface area contributed by atoms with Crippen molar-refractivity contribution in [3.8, 4) is 0 Å². The zero-order valence-electron chi connectivity index (χ0n) is 15.3. The summed E-state index contributed by atoms with van der Waals surface area (Å²) >= 11 is 12.6. The van der Waals surface area contributed by atoms with Crippen molar-refractivity contribution < 1.29 is 9.59 Å². The van der Waals surface area contributed by atoms with Gasteiger partial charge in [0.05, 0.1) is 17.3 Å². The molecule has 1 N–H and O–H groups in total. The first-order valence-corrected chi connectivity index (χ1v) is 10.1. The molecule has 28 heavy (non-hydrogen) atoms. The number of nitrogens with zero attached hydrogens (tertiary/aromatic N) is 2. The van der Waals surface area contributed by atoms with Crippen molar-refractivity contribution in [3.05, 3.63) is 58.1 Å². The predicted octanol–water partition coefficient (Wildman–Crippen LogP) is 4.19. The van der Waals surface area contributed by atoms with Crippen LogP contribution in [0.3, 0.4) is 0 Å². The van der Waals surface area contributed by atoms with Crippen molar-refractivity contribution in [2.45, 2.75) is 19.4 Å². The number of anilines is 2. The van der Waals surface area contributed by atoms with E-state index in [4.69, 9.17) is 23.2 Å². The number of carbonyl (C=O) groups is 2. The first-order chi connectivity index (χ1) is 13.5. The number of halogens is 2. The third kappa shape index (κ3) is 3.88. The van der Waals surface area contributed by atoms with Gasteiger partial charge in [0.15, 0.2) is 0 Å². The van der Waals surface area contributed by atoms with Crippen molar-refractivity contribution in [3.63, 3.8) is 0 Å². The van der Waals surface area contributed by atoms with Crippen LogP contribution in [0.4, 0.5) is 11.4 Å². The third-order valence-corrected chi connectivity index (χ3v) is 6.04. The van der Waals surface area contributed by atoms with E-state index in [1.165, 1.54) is 0 Å². The zero-order chi connectivity index (χ0) is 19.7. The highest BCUT2D eigenvalue weighted by atomic mass is 35.5. The minimum Gasteiger partial charge on any atom is -0.323 e. The molecule has 0 aromatic heterocycles. The number of hydrogen-bond donors (Lipinski definition) is 1. The van der Waals surface area contributed by atoms with Crippen LogP contribution >= 0.6 is 23.2 Å². The molecule has 2 heterocycles. The average Bonchev–Trinajstić information content (AvgIpc) is 2.70. The average molecular weight is 418 g/mol. The Morgan fingerprint density at radius 2 is 1.86 bits per heavy atom. The number of para-hydroxylation sites is 2. The lowest BCUT2D eigenvalue weighted by molar-refractivity contribution is -0.126. The van der Waals surface area contributed by atoms with Gasteiger partial charge in [-0.3, -0.25) is 14.5 Å². The van der Waals surface area contributed by atoms with Crippen LogP contribution in [-0.4, -0.2) is 36.3 Å². The van der Waals surface area contributed by atoms with Gasteiger partial charge in [0.1, 0.15) is 6.54 Å². The summed E-state index contributed by atoms with van der Waals surface area (Å²) in [4.78, 5) is 29.2. The van der Waals surface area contributed by atoms with Crippen molar-refractivity contribution in [1.82, 2.24) is 4.90 Å². The van der Waals surface area contributed by atoms with Gasteiger partial charge < -0.3 is 10.2 Å². The fourth-order valence-corrected chi connectivity index (χ4v) is 4.47. The molecular weight excluding hydrogens is 397 g/mol. The highest BCUT2D eigenvalue weighted by Crippen LogP contribution is 2.32. The van der Waals surface area contributed by atoms with Crippen molar-refractivity contribution in [1.29, 1.82) is 0 Å². The Balaban J connectivity index is 1.51. The van der Waals surface area contributed by atoms with E-state index in [1.807, 2.05) is 42.5 Å². The van der Waals surface area contributed by atoms with Crippen LogP contribution in [0.15, 0.2) is 42.5 Å². The van der Waals surface area contributed by atoms with Gasteiger partial charge in [0.2, 0.25) is 11.8 Å². The molecule has 4 rings (SSSR count). The molecule has 5 nitrogen and oxygen atoms in total. The first kappa shape index (κ1) is 19.2. The smallest absolute Gasteiger partial charge is 0.244 e. The minimum absolute atomic E-state index is 0.00254. The number of nitrogens with one attached hydrogen (secondary N) is 1. The second kappa shape index (κ2) is 8.11. The van der Waals surface area contributed by atoms with E-state index in [1.54, 1.807) is 4.90 Å². The summed E-state index contributed by atoms with van der Waals surface area (Å²) in [5, 5.41) is 4.11. The van der Waals surface area contributed by atoms with E-state index in [-0.39, 0.29) is 24.3 Å². The fourth-order valence-electron chi connectivity index (χ4n) is 3.96. The number of rotatable bonds is 3. The van der Waals surface area contributed by atoms with Crippen molar-refractivity contribution in [2.24, 2.45) is 5.92 Å². The molecular formula is C21H21Cl2N3O2. The summed E-state index contributed by atoms with van der Waals surface area (Å²) in [6.45, 7) is 2.19. The first-order valence-electron chi connectivity index (χ1n) is 9.38. The molecule has 0 spiro atoms. The number of amides is 2. The number of benzene rings is 2. The third-order valence-electron chi connectivity index (χ3n) is 5.33. The summed E-state index contributed by atoms with van der Waals surface area (Å²) in [7, 11) is 0. The molecule has 0 radical (unpaired) electrons. The van der Waals surface area contributed by atoms with Gasteiger partial charge in [-0.15, -0.1) is 0 Å². The highest BCUT2D eigenvalue weighted by Gasteiger charge is 2.34. The van der Waals surface area contributed by atoms with Crippen LogP contribution in [0.2, 0.25) is 10.0 Å². The molecule has 2 amide bonds. The topological polar surface area (TPSA) is 52.7 Å². The van der Waals surface area contributed by atoms with Gasteiger partial charge in [-0.25, -0.2) is 0 Å². The summed E-state index contributed by atoms with van der Waals surface area (Å²) in [5.41, 5.74) is 2.34. The molecule has 1 atom stereocenters. The van der Waals surface area contributed by atoms with E-state index in [2.05, 4.69) is 10.2 Å². The van der Waals surface area contributed by atoms with Crippen LogP contribution in [0.25, 0.3) is 0 Å². The maximum atomic E-state index is 13.3. The number of likely N-dealkylation sites (tertiary alicyclic amines) is 1. The van der Waals surface area contributed by atoms with Crippen molar-refractivity contribution >= 4 is 46.4 Å². The van der Waals surface area contributed by atoms with E-state index in [9.17, 15) is 9.59 Å². The molecule has 0 saturated carbocycles. The molecule has 0 aliphatic carbocycles. The highest BCUT2D eigenvalue weighted by molar-refractivity contribution is 6.36. The predicted molar refractivity (Wildman–Crippen MR) is 112 cm³/mol. The molecule has 0 bridgehead atoms. The van der Waals surface area contributed by atoms with Gasteiger partial charge in [-0.05, 0) is 43.7 Å². The van der Waals surface area contributed by atoms with Crippen LogP contribution in [0.1, 0.15) is 18.4 Å². The van der Waals surface area contributed by atoms with E-state index >= 15 is 0 Å². The lowest BCUT2D eigenvalue weighted by atomic mass is 9.95. The van der Waals surface area contributed by atoms with Gasteiger partial charge in [-0.2, -0.15) is 0 Å². The number of carbonyl (C=O) groups excluding carboxylic acids is 2. The minimum atomic E-state index is -0.164. The molecule has 2 aromatic carbocycles. The Morgan fingerprint density at radius 1 is 1.11 bits per heavy atom. The van der Waals surface area contributed by atoms with Crippen LogP contribution in [0, 0.1) is 5.92 Å². The Hall–Kier alpha value is -2.08. The second-order valence-electron chi connectivity index (χ2n) is 7.26. The van der Waals surface area contributed by atoms with E-state index in [0.29, 0.717) is 28.8 Å². The van der Waals surface area contributed by atoms with Gasteiger partial charge in [0.25, 0.3) is 0 Å². The summed E-state index contributed by atoms with van der Waals surface area (Å²) in [5.74, 6) is -0.325. The summed E-state index contributed by atoms with van der Waals surface area (Å²) in [6, 6.07) is 12.9. The maximum absolute atomic E-state index is 13.3. The molecule has 1 saturated heterocycles. The van der Waals surface area contributed by atoms with Gasteiger partial charge >= 0.3 is 0 Å². The SMILES string of the molecule is O=C1CN(C(=O)C2CCCN(Cc3c(Cl)cccc3Cl)C2)c2ccccc2N1. The van der Waals surface area contributed by atoms with Gasteiger partial charge in [-0.1, -0.05) is 41.4 Å². The summed E-state index contributed by atoms with van der Waals surface area (Å²) in [6.07, 6.45) is 1.73. The lowest BCUT2D eigenvalue weighted by Crippen LogP contribution is -2.48. The zero-order valence-corrected chi connectivity index (χ0v) is 16.8. The Labute approximate surface area is 174 Å². The standard InChI is InChI=1S/C21H21Cl2N3O2/c22-16-6-3-7-17(23)15(16)12-25-10-4-5-14(11-25)21(28)26-13-20(27)24-18-8-1-2-9-19(18)26/h1-3,6-9,14H,4-5,10-13H2,(H,24,27). The van der Waals surface area contributed by atoms with E-state index in [0.717, 1.165) is 30.6 Å². The number of fused-ring (bicyclic) bond motifs is 1. The maximum Gasteiger partial charge on any atom is 0.244 e. The fraction of sp³-hybridized carbons (Fsp3) is 0.333. The Bertz CT molecular complexity index is 898. The quantitative estimate of drug-likeness (QED) is 0.814. The molecule has 2 aliphatic heterocycles. The van der Waals surface area contributed by atoms with Crippen LogP contribution in [0.5, 0.6) is 0 Å². The van der Waals surface area contributed by atoms with Crippen molar-refractivity contribution in [2.75, 3.05) is 29.9 Å². The van der Waals surface area contributed by atoms with E-state index < -0.39 is 0 Å². The number of hydrogen-bond acceptors (Lipinski definition) is 3. The van der Waals surface area contributed by atoms with Crippen LogP contribution < -0.4 is 10.2 Å². The Morgan fingerprint density at radius 3 is 2.64 bits per heavy atom. The molecule has 7 heteroatoms. The Kier molecular flexibility index (Phi) is 5.58. The molecule has 146 valence electrons. The second-order valence-corrected chi connectivity index (χ2v) is 8.08. The molecule has 2 aliphatic rings. The lowest BCUT2D eigenvalue weighted by Gasteiger charge is -2.36. The molecule has 2 aromatic rings. The summed E-state index contributed by atoms with van der Waals surface area (Å²) < 4.78 is 0. The molecule has 1 fully saturated rings.